The monoisotopic (exact) mass is 378 g/mol. The van der Waals surface area contributed by atoms with Crippen molar-refractivity contribution in [2.45, 2.75) is 0 Å². The zero-order chi connectivity index (χ0) is 17.8. The van der Waals surface area contributed by atoms with Crippen LogP contribution in [-0.4, -0.2) is 24.6 Å². The number of nitrogens with zero attached hydrogens (tertiary/aromatic N) is 1. The standard InChI is InChI=1S/C22H22N2S2/c23-21-9-5-19(6-10-21)17-1-3-18(4-2-17)20-7-11-22(12-8-20)24-13-15-25-26-16-14-24/h1-12H,13-16,23H2. The summed E-state index contributed by atoms with van der Waals surface area (Å²) in [5.74, 6) is 2.39. The SMILES string of the molecule is Nc1ccc(-c2ccc(-c3ccc(N4CCSSCC4)cc3)cc2)cc1. The van der Waals surface area contributed by atoms with E-state index in [0.717, 1.165) is 18.8 Å². The van der Waals surface area contributed by atoms with Crippen LogP contribution >= 0.6 is 21.6 Å². The summed E-state index contributed by atoms with van der Waals surface area (Å²) < 4.78 is 0. The van der Waals surface area contributed by atoms with Gasteiger partial charge in [-0.1, -0.05) is 70.1 Å². The maximum Gasteiger partial charge on any atom is 0.0367 e. The van der Waals surface area contributed by atoms with E-state index in [9.17, 15) is 0 Å². The molecule has 1 fully saturated rings. The summed E-state index contributed by atoms with van der Waals surface area (Å²) >= 11 is 0. The highest BCUT2D eigenvalue weighted by Gasteiger charge is 2.10. The molecule has 1 heterocycles. The summed E-state index contributed by atoms with van der Waals surface area (Å²) in [6, 6.07) is 25.7. The molecule has 0 unspecified atom stereocenters. The highest BCUT2D eigenvalue weighted by atomic mass is 33.1. The molecule has 1 saturated heterocycles. The van der Waals surface area contributed by atoms with Crippen LogP contribution in [0.2, 0.25) is 0 Å². The highest BCUT2D eigenvalue weighted by molar-refractivity contribution is 8.76. The molecule has 132 valence electrons. The van der Waals surface area contributed by atoms with Crippen molar-refractivity contribution >= 4 is 33.0 Å². The first-order chi connectivity index (χ1) is 12.8. The highest BCUT2D eigenvalue weighted by Crippen LogP contribution is 2.29. The largest absolute Gasteiger partial charge is 0.399 e. The van der Waals surface area contributed by atoms with Crippen LogP contribution in [0.25, 0.3) is 22.3 Å². The Bertz CT molecular complexity index is 835. The van der Waals surface area contributed by atoms with Gasteiger partial charge in [0.05, 0.1) is 0 Å². The summed E-state index contributed by atoms with van der Waals surface area (Å²) in [5, 5.41) is 0. The van der Waals surface area contributed by atoms with Crippen molar-refractivity contribution in [3.8, 4) is 22.3 Å². The lowest BCUT2D eigenvalue weighted by Gasteiger charge is -2.22. The molecule has 1 aliphatic heterocycles. The normalized spacial score (nSPS) is 14.8. The maximum atomic E-state index is 5.77. The van der Waals surface area contributed by atoms with Gasteiger partial charge in [0.2, 0.25) is 0 Å². The summed E-state index contributed by atoms with van der Waals surface area (Å²) in [7, 11) is 3.96. The van der Waals surface area contributed by atoms with Crippen molar-refractivity contribution in [2.24, 2.45) is 0 Å². The van der Waals surface area contributed by atoms with Gasteiger partial charge < -0.3 is 10.6 Å². The Kier molecular flexibility index (Phi) is 5.42. The molecular formula is C22H22N2S2. The molecule has 0 aromatic heterocycles. The van der Waals surface area contributed by atoms with Gasteiger partial charge in [-0.15, -0.1) is 0 Å². The second-order valence-electron chi connectivity index (χ2n) is 6.38. The lowest BCUT2D eigenvalue weighted by molar-refractivity contribution is 0.884. The first-order valence-corrected chi connectivity index (χ1v) is 11.3. The first-order valence-electron chi connectivity index (χ1n) is 8.85. The molecule has 0 saturated carbocycles. The molecule has 2 N–H and O–H groups in total. The van der Waals surface area contributed by atoms with E-state index in [4.69, 9.17) is 5.73 Å². The van der Waals surface area contributed by atoms with Gasteiger partial charge in [-0.05, 0) is 46.5 Å². The third-order valence-corrected chi connectivity index (χ3v) is 7.03. The number of hydrogen-bond donors (Lipinski definition) is 1. The second-order valence-corrected chi connectivity index (χ2v) is 9.08. The van der Waals surface area contributed by atoms with E-state index in [1.807, 2.05) is 33.7 Å². The van der Waals surface area contributed by atoms with Crippen LogP contribution in [0.5, 0.6) is 0 Å². The van der Waals surface area contributed by atoms with Crippen LogP contribution in [-0.2, 0) is 0 Å². The van der Waals surface area contributed by atoms with Crippen molar-refractivity contribution in [3.63, 3.8) is 0 Å². The van der Waals surface area contributed by atoms with Gasteiger partial charge in [-0.25, -0.2) is 0 Å². The Labute approximate surface area is 163 Å². The van der Waals surface area contributed by atoms with E-state index >= 15 is 0 Å². The molecule has 3 aromatic carbocycles. The van der Waals surface area contributed by atoms with Crippen molar-refractivity contribution in [3.05, 3.63) is 72.8 Å². The van der Waals surface area contributed by atoms with Gasteiger partial charge in [0.15, 0.2) is 0 Å². The average molecular weight is 379 g/mol. The minimum Gasteiger partial charge on any atom is -0.399 e. The third-order valence-electron chi connectivity index (χ3n) is 4.67. The molecule has 4 heteroatoms. The van der Waals surface area contributed by atoms with E-state index in [-0.39, 0.29) is 0 Å². The van der Waals surface area contributed by atoms with Gasteiger partial charge in [-0.3, -0.25) is 0 Å². The van der Waals surface area contributed by atoms with E-state index in [2.05, 4.69) is 65.6 Å². The van der Waals surface area contributed by atoms with Crippen LogP contribution < -0.4 is 10.6 Å². The van der Waals surface area contributed by atoms with Crippen molar-refractivity contribution in [1.82, 2.24) is 0 Å². The Morgan fingerprint density at radius 2 is 0.962 bits per heavy atom. The predicted molar refractivity (Wildman–Crippen MR) is 119 cm³/mol. The van der Waals surface area contributed by atoms with Crippen LogP contribution in [0.15, 0.2) is 72.8 Å². The lowest BCUT2D eigenvalue weighted by atomic mass is 10.00. The molecule has 0 spiro atoms. The van der Waals surface area contributed by atoms with Gasteiger partial charge >= 0.3 is 0 Å². The van der Waals surface area contributed by atoms with E-state index in [0.29, 0.717) is 0 Å². The number of anilines is 2. The Morgan fingerprint density at radius 3 is 1.42 bits per heavy atom. The maximum absolute atomic E-state index is 5.77. The number of hydrogen-bond acceptors (Lipinski definition) is 4. The van der Waals surface area contributed by atoms with Crippen molar-refractivity contribution < 1.29 is 0 Å². The zero-order valence-electron chi connectivity index (χ0n) is 14.6. The number of nitrogen functional groups attached to an aromatic ring is 1. The van der Waals surface area contributed by atoms with Crippen LogP contribution in [0, 0.1) is 0 Å². The molecule has 3 aromatic rings. The number of rotatable bonds is 3. The first kappa shape index (κ1) is 17.4. The molecule has 0 aliphatic carbocycles. The smallest absolute Gasteiger partial charge is 0.0367 e. The summed E-state index contributed by atoms with van der Waals surface area (Å²) in [6.45, 7) is 2.26. The molecule has 0 bridgehead atoms. The summed E-state index contributed by atoms with van der Waals surface area (Å²) in [4.78, 5) is 2.49. The molecule has 4 rings (SSSR count). The molecule has 0 amide bonds. The fraction of sp³-hybridized carbons (Fsp3) is 0.182. The molecule has 0 radical (unpaired) electrons. The Hall–Kier alpha value is -2.04. The van der Waals surface area contributed by atoms with E-state index in [1.54, 1.807) is 0 Å². The lowest BCUT2D eigenvalue weighted by Crippen LogP contribution is -2.26. The van der Waals surface area contributed by atoms with Crippen molar-refractivity contribution in [2.75, 3.05) is 35.2 Å². The van der Waals surface area contributed by atoms with E-state index in [1.165, 1.54) is 39.4 Å². The van der Waals surface area contributed by atoms with Gasteiger partial charge in [-0.2, -0.15) is 0 Å². The minimum absolute atomic E-state index is 0.798. The molecule has 0 atom stereocenters. The Morgan fingerprint density at radius 1 is 0.577 bits per heavy atom. The van der Waals surface area contributed by atoms with Crippen LogP contribution in [0.4, 0.5) is 11.4 Å². The quantitative estimate of drug-likeness (QED) is 0.460. The second kappa shape index (κ2) is 8.11. The van der Waals surface area contributed by atoms with E-state index < -0.39 is 0 Å². The van der Waals surface area contributed by atoms with Crippen LogP contribution in [0.1, 0.15) is 0 Å². The van der Waals surface area contributed by atoms with Gasteiger partial charge in [0.25, 0.3) is 0 Å². The minimum atomic E-state index is 0.798. The van der Waals surface area contributed by atoms with Crippen molar-refractivity contribution in [1.29, 1.82) is 0 Å². The third kappa shape index (κ3) is 4.02. The molecule has 2 nitrogen and oxygen atoms in total. The van der Waals surface area contributed by atoms with Crippen LogP contribution in [0.3, 0.4) is 0 Å². The molecule has 26 heavy (non-hydrogen) atoms. The summed E-state index contributed by atoms with van der Waals surface area (Å²) in [5.41, 5.74) is 12.8. The molecule has 1 aliphatic rings. The number of nitrogens with two attached hydrogens (primary N) is 1. The van der Waals surface area contributed by atoms with Gasteiger partial charge in [0.1, 0.15) is 0 Å². The van der Waals surface area contributed by atoms with Gasteiger partial charge in [0, 0.05) is 36.0 Å². The molecular weight excluding hydrogens is 356 g/mol. The Balaban J connectivity index is 1.51. The topological polar surface area (TPSA) is 29.3 Å². The predicted octanol–water partition coefficient (Wildman–Crippen LogP) is 5.80. The fourth-order valence-electron chi connectivity index (χ4n) is 3.18. The fourth-order valence-corrected chi connectivity index (χ4v) is 5.16. The zero-order valence-corrected chi connectivity index (χ0v) is 16.2. The summed E-state index contributed by atoms with van der Waals surface area (Å²) in [6.07, 6.45) is 0. The average Bonchev–Trinajstić information content (AvgIpc) is 2.99. The number of benzene rings is 3.